The van der Waals surface area contributed by atoms with Crippen molar-refractivity contribution in [3.05, 3.63) is 10.4 Å². The summed E-state index contributed by atoms with van der Waals surface area (Å²) in [5, 5.41) is 3.37. The molecule has 0 rings (SSSR count). The van der Waals surface area contributed by atoms with Crippen LogP contribution in [0.3, 0.4) is 0 Å². The van der Waals surface area contributed by atoms with E-state index in [9.17, 15) is 0 Å². The molecule has 0 aromatic carbocycles. The summed E-state index contributed by atoms with van der Waals surface area (Å²) in [5.41, 5.74) is 9.38. The van der Waals surface area contributed by atoms with Gasteiger partial charge in [-0.15, -0.1) is 0 Å². The maximum Gasteiger partial charge on any atom is 0.0701 e. The van der Waals surface area contributed by atoms with Crippen molar-refractivity contribution in [2.75, 3.05) is 429 Å². The van der Waals surface area contributed by atoms with E-state index in [0.29, 0.717) is 405 Å². The monoisotopic (exact) mass is 1850 g/mol. The summed E-state index contributed by atoms with van der Waals surface area (Å²) in [6.45, 7) is 70.5. The van der Waals surface area contributed by atoms with Gasteiger partial charge < -0.3 is 152 Å². The molecule has 0 unspecified atom stereocenters. The Bertz CT molecular complexity index is 2000. The molecule has 0 aliphatic rings. The van der Waals surface area contributed by atoms with Crippen molar-refractivity contribution in [2.45, 2.75) is 156 Å². The van der Waals surface area contributed by atoms with Gasteiger partial charge in [-0.1, -0.05) is 116 Å². The van der Waals surface area contributed by atoms with E-state index < -0.39 is 0 Å². The standard InChI is InChI=1S/C29H60O11.C24H49N3O9.C21H44O7.C17H36O5.CH4/c1-5-7-30-9-11-32-13-15-34-17-19-36-21-23-38-25-27-40-28-26-39-24-22-37-20-18-35-16-14-33-12-10-31-8-6-29(2,3)4;1-24(2,3)4-6-28-8-10-30-12-14-32-16-18-34-20-22-36-23-21-35-19-17-33-15-13-31-11-9-29-7-5-26-27-25;1-5-7-22-9-11-24-13-15-26-17-19-28-20-18-27-16-14-25-12-10-23-8-6-21(2,3)4;1-5-7-18-9-11-20-13-15-22-16-14-21-12-10-19-8-6-17(2,3)4;/h5-28H2,1-4H3;4-23H2,1-3H3;5-20H2,1-4H3;5-16H2,1-4H3;1H4. The minimum absolute atomic E-state index is 0. The molecule has 0 bridgehead atoms. The smallest absolute Gasteiger partial charge is 0.0701 e. The van der Waals surface area contributed by atoms with Crippen LogP contribution in [0.2, 0.25) is 0 Å². The Morgan fingerprint density at radius 3 is 0.323 bits per heavy atom. The highest BCUT2D eigenvalue weighted by Crippen LogP contribution is 2.20. The van der Waals surface area contributed by atoms with Gasteiger partial charge in [0.2, 0.25) is 0 Å². The minimum atomic E-state index is 0. The molecule has 0 fully saturated rings. The van der Waals surface area contributed by atoms with Crippen molar-refractivity contribution in [3.8, 4) is 0 Å². The van der Waals surface area contributed by atoms with Gasteiger partial charge in [0, 0.05) is 57.7 Å². The average molecular weight is 1850 g/mol. The number of nitrogens with zero attached hydrogens (tertiary/aromatic N) is 3. The van der Waals surface area contributed by atoms with Crippen molar-refractivity contribution < 1.29 is 152 Å². The molecule has 768 valence electrons. The van der Waals surface area contributed by atoms with Crippen molar-refractivity contribution in [3.63, 3.8) is 0 Å². The van der Waals surface area contributed by atoms with Crippen LogP contribution in [0.25, 0.3) is 10.4 Å². The van der Waals surface area contributed by atoms with Crippen LogP contribution in [0.15, 0.2) is 5.11 Å². The fourth-order valence-electron chi connectivity index (χ4n) is 8.66. The Morgan fingerprint density at radius 2 is 0.236 bits per heavy atom. The van der Waals surface area contributed by atoms with Crippen LogP contribution in [0, 0.1) is 21.7 Å². The maximum atomic E-state index is 8.11. The number of ether oxygens (including phenoxy) is 32. The summed E-state index contributed by atoms with van der Waals surface area (Å²) < 4.78 is 174. The lowest BCUT2D eigenvalue weighted by molar-refractivity contribution is -0.0276. The van der Waals surface area contributed by atoms with Gasteiger partial charge in [0.1, 0.15) is 0 Å². The van der Waals surface area contributed by atoms with Crippen molar-refractivity contribution in [2.24, 2.45) is 26.8 Å². The molecular weight excluding hydrogens is 1660 g/mol. The number of hydrogen-bond donors (Lipinski definition) is 0. The lowest BCUT2D eigenvalue weighted by Crippen LogP contribution is -2.15. The molecule has 0 aromatic rings. The normalized spacial score (nSPS) is 11.8. The van der Waals surface area contributed by atoms with E-state index in [0.717, 1.165) is 91.2 Å². The van der Waals surface area contributed by atoms with Gasteiger partial charge in [-0.05, 0) is 72.1 Å². The Kier molecular flexibility index (Phi) is 120. The first-order valence-corrected chi connectivity index (χ1v) is 46.7. The topological polar surface area (TPSA) is 344 Å². The molecule has 0 aliphatic heterocycles. The van der Waals surface area contributed by atoms with E-state index in [1.54, 1.807) is 0 Å². The summed E-state index contributed by atoms with van der Waals surface area (Å²) >= 11 is 0. The Morgan fingerprint density at radius 1 is 0.150 bits per heavy atom. The first kappa shape index (κ1) is 134. The molecule has 0 atom stereocenters. The van der Waals surface area contributed by atoms with E-state index in [2.05, 4.69) is 114 Å². The van der Waals surface area contributed by atoms with Gasteiger partial charge in [-0.3, -0.25) is 0 Å². The van der Waals surface area contributed by atoms with Gasteiger partial charge in [0.25, 0.3) is 0 Å². The third-order valence-corrected chi connectivity index (χ3v) is 15.8. The van der Waals surface area contributed by atoms with Crippen LogP contribution < -0.4 is 0 Å². The quantitative estimate of drug-likeness (QED) is 0.0236. The fraction of sp³-hybridized carbons (Fsp3) is 1.00. The average Bonchev–Trinajstić information content (AvgIpc) is 1.01. The zero-order valence-electron chi connectivity index (χ0n) is 82.3. The zero-order chi connectivity index (χ0) is 93.0. The van der Waals surface area contributed by atoms with Crippen molar-refractivity contribution >= 4 is 0 Å². The van der Waals surface area contributed by atoms with E-state index in [1.807, 2.05) is 0 Å². The summed E-state index contributed by atoms with van der Waals surface area (Å²) in [5.74, 6) is 0. The SMILES string of the molecule is C.CC(C)(C)CCOCCOCCOCCOCCOCCOCCOCCOCCOCCN=[N+]=[N-].CCCOCCOCCOCCOCCOCCC(C)(C)C.CCCOCCOCCOCCOCCOCCOCCOCCC(C)(C)C.CCCOCCOCCOCCOCCOCCOCCOCCOCCOCCOCCOCCC(C)(C)C. The van der Waals surface area contributed by atoms with Gasteiger partial charge in [0.05, 0.1) is 377 Å². The lowest BCUT2D eigenvalue weighted by Gasteiger charge is -2.17. The number of azide groups is 1. The third-order valence-electron chi connectivity index (χ3n) is 15.8. The van der Waals surface area contributed by atoms with E-state index in [-0.39, 0.29) is 7.43 Å². The fourth-order valence-corrected chi connectivity index (χ4v) is 8.66. The second kappa shape index (κ2) is 115. The molecular formula is C92H193N3O32. The summed E-state index contributed by atoms with van der Waals surface area (Å²) in [7, 11) is 0. The van der Waals surface area contributed by atoms with Crippen LogP contribution >= 0.6 is 0 Å². The molecule has 35 nitrogen and oxygen atoms in total. The van der Waals surface area contributed by atoms with Gasteiger partial charge in [-0.2, -0.15) is 0 Å². The summed E-state index contributed by atoms with van der Waals surface area (Å²) in [6, 6.07) is 0. The highest BCUT2D eigenvalue weighted by atomic mass is 16.6. The first-order chi connectivity index (χ1) is 61.2. The molecule has 0 saturated carbocycles. The van der Waals surface area contributed by atoms with Crippen LogP contribution in [-0.2, 0) is 152 Å². The molecule has 0 heterocycles. The molecule has 0 aliphatic carbocycles. The van der Waals surface area contributed by atoms with Crippen LogP contribution in [-0.4, -0.2) is 429 Å². The number of rotatable bonds is 101. The number of hydrogen-bond acceptors (Lipinski definition) is 33. The molecule has 0 aromatic heterocycles. The third kappa shape index (κ3) is 147. The molecule has 0 amide bonds. The van der Waals surface area contributed by atoms with Gasteiger partial charge in [0.15, 0.2) is 0 Å². The molecule has 127 heavy (non-hydrogen) atoms. The predicted molar refractivity (Wildman–Crippen MR) is 494 cm³/mol. The van der Waals surface area contributed by atoms with Crippen molar-refractivity contribution in [1.29, 1.82) is 0 Å². The Hall–Kier alpha value is -1.97. The molecule has 0 N–H and O–H groups in total. The first-order valence-electron chi connectivity index (χ1n) is 46.7. The second-order valence-corrected chi connectivity index (χ2v) is 32.8. The largest absolute Gasteiger partial charge is 0.379 e. The van der Waals surface area contributed by atoms with Crippen LogP contribution in [0.4, 0.5) is 0 Å². The highest BCUT2D eigenvalue weighted by Gasteiger charge is 2.13. The summed E-state index contributed by atoms with van der Waals surface area (Å²) in [4.78, 5) is 2.64. The zero-order valence-corrected chi connectivity index (χ0v) is 82.3. The van der Waals surface area contributed by atoms with E-state index in [4.69, 9.17) is 157 Å². The molecule has 35 heteroatoms. The van der Waals surface area contributed by atoms with Gasteiger partial charge >= 0.3 is 0 Å². The van der Waals surface area contributed by atoms with Crippen LogP contribution in [0.5, 0.6) is 0 Å². The molecule has 0 spiro atoms. The highest BCUT2D eigenvalue weighted by molar-refractivity contribution is 4.63. The van der Waals surface area contributed by atoms with Gasteiger partial charge in [-0.25, -0.2) is 0 Å². The van der Waals surface area contributed by atoms with Crippen molar-refractivity contribution in [1.82, 2.24) is 0 Å². The Balaban J connectivity index is -0.000000531. The lowest BCUT2D eigenvalue weighted by atomic mass is 9.93. The molecule has 0 saturated heterocycles. The summed E-state index contributed by atoms with van der Waals surface area (Å²) in [6.07, 6.45) is 7.33. The minimum Gasteiger partial charge on any atom is -0.379 e. The molecule has 0 radical (unpaired) electrons. The van der Waals surface area contributed by atoms with E-state index >= 15 is 0 Å². The predicted octanol–water partition coefficient (Wildman–Crippen LogP) is 12.4. The Labute approximate surface area is 771 Å². The second-order valence-electron chi connectivity index (χ2n) is 32.8. The van der Waals surface area contributed by atoms with E-state index in [1.165, 1.54) is 0 Å². The van der Waals surface area contributed by atoms with Crippen LogP contribution in [0.1, 0.15) is 156 Å². The maximum absolute atomic E-state index is 8.11.